The third kappa shape index (κ3) is 7.47. The first-order valence-electron chi connectivity index (χ1n) is 11.7. The minimum Gasteiger partial charge on any atom is -0.488 e. The molecule has 1 aliphatic rings. The van der Waals surface area contributed by atoms with E-state index in [-0.39, 0.29) is 12.0 Å². The maximum atomic E-state index is 11.7. The number of aryl methyl sites for hydroxylation is 1. The second-order valence-electron chi connectivity index (χ2n) is 8.38. The summed E-state index contributed by atoms with van der Waals surface area (Å²) in [5.41, 5.74) is 2.30. The van der Waals surface area contributed by atoms with Gasteiger partial charge >= 0.3 is 0 Å². The second-order valence-corrected chi connectivity index (χ2v) is 8.38. The van der Waals surface area contributed by atoms with Crippen molar-refractivity contribution >= 4 is 16.8 Å². The highest BCUT2D eigenvalue weighted by atomic mass is 16.5. The number of amides is 1. The van der Waals surface area contributed by atoms with E-state index in [1.807, 2.05) is 12.3 Å². The van der Waals surface area contributed by atoms with Crippen LogP contribution in [0.1, 0.15) is 51.0 Å². The number of aromatic nitrogens is 1. The van der Waals surface area contributed by atoms with Gasteiger partial charge in [-0.3, -0.25) is 9.78 Å². The van der Waals surface area contributed by atoms with Crippen LogP contribution in [-0.2, 0) is 16.0 Å². The molecule has 1 aliphatic heterocycles. The SMILES string of the molecule is CCCCCc1cc(OC2CCN(CCNC(=O)CCOC)CC2)c2ncccc2c1. The fourth-order valence-electron chi connectivity index (χ4n) is 4.10. The first-order chi connectivity index (χ1) is 15.2. The van der Waals surface area contributed by atoms with Gasteiger partial charge in [0.05, 0.1) is 6.61 Å². The van der Waals surface area contributed by atoms with Crippen molar-refractivity contribution in [3.63, 3.8) is 0 Å². The number of unbranched alkanes of at least 4 members (excludes halogenated alkanes) is 2. The Balaban J connectivity index is 1.51. The molecule has 1 N–H and O–H groups in total. The zero-order chi connectivity index (χ0) is 21.9. The molecule has 3 rings (SSSR count). The van der Waals surface area contributed by atoms with Crippen LogP contribution >= 0.6 is 0 Å². The smallest absolute Gasteiger partial charge is 0.222 e. The van der Waals surface area contributed by atoms with Crippen molar-refractivity contribution < 1.29 is 14.3 Å². The predicted octanol–water partition coefficient (Wildman–Crippen LogP) is 3.96. The number of nitrogens with zero attached hydrogens (tertiary/aromatic N) is 2. The number of pyridine rings is 1. The van der Waals surface area contributed by atoms with Gasteiger partial charge in [0, 0.05) is 51.3 Å². The Morgan fingerprint density at radius 3 is 2.87 bits per heavy atom. The summed E-state index contributed by atoms with van der Waals surface area (Å²) < 4.78 is 11.4. The van der Waals surface area contributed by atoms with Gasteiger partial charge in [0.2, 0.25) is 5.91 Å². The number of ether oxygens (including phenoxy) is 2. The first-order valence-corrected chi connectivity index (χ1v) is 11.7. The molecule has 1 aromatic carbocycles. The highest BCUT2D eigenvalue weighted by Gasteiger charge is 2.21. The summed E-state index contributed by atoms with van der Waals surface area (Å²) in [5.74, 6) is 0.978. The average molecular weight is 428 g/mol. The van der Waals surface area contributed by atoms with E-state index in [9.17, 15) is 4.79 Å². The third-order valence-electron chi connectivity index (χ3n) is 5.91. The van der Waals surface area contributed by atoms with Gasteiger partial charge in [-0.2, -0.15) is 0 Å². The number of hydrogen-bond donors (Lipinski definition) is 1. The molecule has 1 aromatic heterocycles. The van der Waals surface area contributed by atoms with Crippen molar-refractivity contribution in [3.05, 3.63) is 36.0 Å². The minimum absolute atomic E-state index is 0.0539. The predicted molar refractivity (Wildman–Crippen MR) is 125 cm³/mol. The number of rotatable bonds is 12. The van der Waals surface area contributed by atoms with Crippen molar-refractivity contribution in [2.75, 3.05) is 39.9 Å². The molecular weight excluding hydrogens is 390 g/mol. The Morgan fingerprint density at radius 1 is 1.26 bits per heavy atom. The molecule has 0 unspecified atom stereocenters. The zero-order valence-corrected chi connectivity index (χ0v) is 19.1. The lowest BCUT2D eigenvalue weighted by Crippen LogP contribution is -2.42. The van der Waals surface area contributed by atoms with Crippen LogP contribution in [0.2, 0.25) is 0 Å². The van der Waals surface area contributed by atoms with E-state index in [4.69, 9.17) is 9.47 Å². The van der Waals surface area contributed by atoms with Crippen LogP contribution in [0.25, 0.3) is 10.9 Å². The number of carbonyl (C=O) groups is 1. The fourth-order valence-corrected chi connectivity index (χ4v) is 4.10. The number of methoxy groups -OCH3 is 1. The van der Waals surface area contributed by atoms with Gasteiger partial charge < -0.3 is 19.7 Å². The lowest BCUT2D eigenvalue weighted by Gasteiger charge is -2.32. The molecule has 6 heteroatoms. The van der Waals surface area contributed by atoms with E-state index in [1.165, 1.54) is 24.8 Å². The Labute approximate surface area is 186 Å². The molecule has 0 radical (unpaired) electrons. The summed E-state index contributed by atoms with van der Waals surface area (Å²) in [6, 6.07) is 8.58. The van der Waals surface area contributed by atoms with Gasteiger partial charge in [-0.05, 0) is 49.4 Å². The van der Waals surface area contributed by atoms with Gasteiger partial charge in [-0.25, -0.2) is 0 Å². The van der Waals surface area contributed by atoms with Crippen LogP contribution in [-0.4, -0.2) is 61.8 Å². The molecule has 0 atom stereocenters. The molecular formula is C25H37N3O3. The van der Waals surface area contributed by atoms with Gasteiger partial charge in [0.15, 0.2) is 0 Å². The average Bonchev–Trinajstić information content (AvgIpc) is 2.79. The lowest BCUT2D eigenvalue weighted by molar-refractivity contribution is -0.122. The number of hydrogen-bond acceptors (Lipinski definition) is 5. The number of piperidine rings is 1. The molecule has 2 heterocycles. The first kappa shape index (κ1) is 23.5. The topological polar surface area (TPSA) is 63.7 Å². The van der Waals surface area contributed by atoms with Crippen LogP contribution in [0, 0.1) is 0 Å². The minimum atomic E-state index is 0.0539. The molecule has 0 saturated carbocycles. The summed E-state index contributed by atoms with van der Waals surface area (Å²) in [7, 11) is 1.61. The van der Waals surface area contributed by atoms with E-state index in [0.29, 0.717) is 19.6 Å². The Kier molecular flexibility index (Phi) is 9.56. The Hall–Kier alpha value is -2.18. The van der Waals surface area contributed by atoms with Gasteiger partial charge in [-0.1, -0.05) is 25.8 Å². The van der Waals surface area contributed by atoms with Crippen molar-refractivity contribution in [1.29, 1.82) is 0 Å². The maximum Gasteiger partial charge on any atom is 0.222 e. The molecule has 31 heavy (non-hydrogen) atoms. The van der Waals surface area contributed by atoms with Gasteiger partial charge in [0.1, 0.15) is 17.4 Å². The van der Waals surface area contributed by atoms with E-state index >= 15 is 0 Å². The van der Waals surface area contributed by atoms with Crippen molar-refractivity contribution in [3.8, 4) is 5.75 Å². The molecule has 1 fully saturated rings. The van der Waals surface area contributed by atoms with E-state index in [2.05, 4.69) is 40.3 Å². The maximum absolute atomic E-state index is 11.7. The van der Waals surface area contributed by atoms with Gasteiger partial charge in [-0.15, -0.1) is 0 Å². The fraction of sp³-hybridized carbons (Fsp3) is 0.600. The number of benzene rings is 1. The Bertz CT molecular complexity index is 819. The number of carbonyl (C=O) groups excluding carboxylic acids is 1. The van der Waals surface area contributed by atoms with Crippen LogP contribution in [0.5, 0.6) is 5.75 Å². The molecule has 1 amide bonds. The van der Waals surface area contributed by atoms with Crippen molar-refractivity contribution in [2.45, 2.75) is 58.0 Å². The number of nitrogens with one attached hydrogen (secondary N) is 1. The summed E-state index contributed by atoms with van der Waals surface area (Å²) >= 11 is 0. The normalized spacial score (nSPS) is 15.3. The van der Waals surface area contributed by atoms with E-state index in [1.54, 1.807) is 7.11 Å². The van der Waals surface area contributed by atoms with Crippen LogP contribution in [0.15, 0.2) is 30.5 Å². The molecule has 170 valence electrons. The zero-order valence-electron chi connectivity index (χ0n) is 19.1. The van der Waals surface area contributed by atoms with E-state index < -0.39 is 0 Å². The molecule has 1 saturated heterocycles. The standard InChI is InChI=1S/C25H37N3O3/c1-3-4-5-7-20-18-21-8-6-12-27-25(21)23(19-20)31-22-9-14-28(15-10-22)16-13-26-24(29)11-17-30-2/h6,8,12,18-19,22H,3-5,7,9-11,13-17H2,1-2H3,(H,26,29). The van der Waals surface area contributed by atoms with Crippen molar-refractivity contribution in [2.24, 2.45) is 0 Å². The van der Waals surface area contributed by atoms with Crippen LogP contribution < -0.4 is 10.1 Å². The Morgan fingerprint density at radius 2 is 2.10 bits per heavy atom. The van der Waals surface area contributed by atoms with E-state index in [0.717, 1.165) is 55.5 Å². The summed E-state index contributed by atoms with van der Waals surface area (Å²) in [6.07, 6.45) is 9.25. The molecule has 0 aliphatic carbocycles. The molecule has 2 aromatic rings. The quantitative estimate of drug-likeness (QED) is 0.520. The number of fused-ring (bicyclic) bond motifs is 1. The molecule has 0 bridgehead atoms. The molecule has 0 spiro atoms. The monoisotopic (exact) mass is 427 g/mol. The van der Waals surface area contributed by atoms with Crippen molar-refractivity contribution in [1.82, 2.24) is 15.2 Å². The highest BCUT2D eigenvalue weighted by Crippen LogP contribution is 2.29. The lowest BCUT2D eigenvalue weighted by atomic mass is 10.0. The van der Waals surface area contributed by atoms with Crippen LogP contribution in [0.4, 0.5) is 0 Å². The highest BCUT2D eigenvalue weighted by molar-refractivity contribution is 5.85. The summed E-state index contributed by atoms with van der Waals surface area (Å²) in [6.45, 7) is 6.24. The number of likely N-dealkylation sites (tertiary alicyclic amines) is 1. The summed E-state index contributed by atoms with van der Waals surface area (Å²) in [4.78, 5) is 18.7. The van der Waals surface area contributed by atoms with Gasteiger partial charge in [0.25, 0.3) is 0 Å². The second kappa shape index (κ2) is 12.6. The van der Waals surface area contributed by atoms with Crippen LogP contribution in [0.3, 0.4) is 0 Å². The third-order valence-corrected chi connectivity index (χ3v) is 5.91. The largest absolute Gasteiger partial charge is 0.488 e. The molecule has 6 nitrogen and oxygen atoms in total. The summed E-state index contributed by atoms with van der Waals surface area (Å²) in [5, 5.41) is 4.12.